The van der Waals surface area contributed by atoms with E-state index in [2.05, 4.69) is 5.32 Å². The molecule has 2 aliphatic heterocycles. The molecule has 176 valence electrons. The zero-order valence-corrected chi connectivity index (χ0v) is 19.1. The molecule has 6 rings (SSSR count). The quantitative estimate of drug-likeness (QED) is 0.581. The summed E-state index contributed by atoms with van der Waals surface area (Å²) < 4.78 is 28.7. The van der Waals surface area contributed by atoms with E-state index in [-0.39, 0.29) is 30.5 Å². The molecule has 8 nitrogen and oxygen atoms in total. The highest BCUT2D eigenvalue weighted by molar-refractivity contribution is 5.95. The van der Waals surface area contributed by atoms with Crippen molar-refractivity contribution in [2.45, 2.75) is 51.6 Å². The van der Waals surface area contributed by atoms with Crippen LogP contribution < -0.4 is 29.9 Å². The molecule has 0 fully saturated rings. The predicted molar refractivity (Wildman–Crippen MR) is 124 cm³/mol. The fourth-order valence-electron chi connectivity index (χ4n) is 4.98. The highest BCUT2D eigenvalue weighted by Gasteiger charge is 2.32. The van der Waals surface area contributed by atoms with Crippen LogP contribution in [-0.2, 0) is 24.1 Å². The molecular weight excluding hydrogens is 438 g/mol. The number of carbonyl (C=O) groups excluding carboxylic acids is 1. The maximum Gasteiger partial charge on any atom is 0.339 e. The first-order valence-corrected chi connectivity index (χ1v) is 11.5. The van der Waals surface area contributed by atoms with E-state index in [0.29, 0.717) is 46.3 Å². The molecule has 3 aromatic rings. The number of amides is 1. The molecule has 1 N–H and O–H groups in total. The maximum atomic E-state index is 12.7. The van der Waals surface area contributed by atoms with Gasteiger partial charge in [0.05, 0.1) is 5.39 Å². The van der Waals surface area contributed by atoms with Crippen molar-refractivity contribution in [3.05, 3.63) is 51.4 Å². The first-order chi connectivity index (χ1) is 16.4. The van der Waals surface area contributed by atoms with Gasteiger partial charge in [-0.15, -0.1) is 0 Å². The van der Waals surface area contributed by atoms with E-state index in [0.717, 1.165) is 42.2 Å². The van der Waals surface area contributed by atoms with Crippen LogP contribution >= 0.6 is 0 Å². The Hall–Kier alpha value is -3.68. The van der Waals surface area contributed by atoms with E-state index in [1.165, 1.54) is 0 Å². The van der Waals surface area contributed by atoms with Crippen LogP contribution in [0.15, 0.2) is 33.5 Å². The zero-order valence-electron chi connectivity index (χ0n) is 19.1. The van der Waals surface area contributed by atoms with Crippen LogP contribution in [0.25, 0.3) is 11.0 Å². The number of nitrogens with one attached hydrogen (secondary N) is 1. The third-order valence-corrected chi connectivity index (χ3v) is 6.65. The third kappa shape index (κ3) is 3.54. The Morgan fingerprint density at radius 3 is 2.74 bits per heavy atom. The second kappa shape index (κ2) is 7.68. The maximum absolute atomic E-state index is 12.7. The number of aryl methyl sites for hydroxylation is 2. The topological polar surface area (TPSA) is 96.2 Å². The van der Waals surface area contributed by atoms with Crippen molar-refractivity contribution in [3.8, 4) is 23.0 Å². The van der Waals surface area contributed by atoms with Crippen molar-refractivity contribution >= 4 is 22.6 Å². The zero-order chi connectivity index (χ0) is 23.4. The molecule has 0 saturated carbocycles. The molecule has 0 unspecified atom stereocenters. The summed E-state index contributed by atoms with van der Waals surface area (Å²) in [7, 11) is 0. The standard InChI is InChI=1S/C26H25NO7/c1-26(2)9-8-17-19(34-26)11-21(23-15-4-3-5-16(15)25(29)33-24(17)23)30-12-22(28)27-14-6-7-18-20(10-14)32-13-31-18/h6-7,10-11H,3-5,8-9,12-13H2,1-2H3,(H,27,28). The number of hydrogen-bond acceptors (Lipinski definition) is 7. The van der Waals surface area contributed by atoms with Crippen LogP contribution in [0.2, 0.25) is 0 Å². The second-order valence-corrected chi connectivity index (χ2v) is 9.52. The largest absolute Gasteiger partial charge is 0.487 e. The minimum atomic E-state index is -0.342. The highest BCUT2D eigenvalue weighted by atomic mass is 16.7. The van der Waals surface area contributed by atoms with Crippen molar-refractivity contribution in [2.75, 3.05) is 18.7 Å². The van der Waals surface area contributed by atoms with Crippen molar-refractivity contribution in [2.24, 2.45) is 0 Å². The second-order valence-electron chi connectivity index (χ2n) is 9.52. The molecule has 3 aliphatic rings. The lowest BCUT2D eigenvalue weighted by Gasteiger charge is -2.33. The Morgan fingerprint density at radius 2 is 1.85 bits per heavy atom. The molecule has 0 bridgehead atoms. The normalized spacial score (nSPS) is 17.1. The number of ether oxygens (including phenoxy) is 4. The molecule has 1 aromatic heterocycles. The summed E-state index contributed by atoms with van der Waals surface area (Å²) in [6.07, 6.45) is 3.92. The van der Waals surface area contributed by atoms with Gasteiger partial charge in [0.1, 0.15) is 22.7 Å². The van der Waals surface area contributed by atoms with Gasteiger partial charge in [-0.1, -0.05) is 0 Å². The molecule has 1 amide bonds. The van der Waals surface area contributed by atoms with E-state index in [9.17, 15) is 9.59 Å². The van der Waals surface area contributed by atoms with Crippen LogP contribution in [-0.4, -0.2) is 24.9 Å². The van der Waals surface area contributed by atoms with Crippen LogP contribution in [0.5, 0.6) is 23.0 Å². The number of anilines is 1. The lowest BCUT2D eigenvalue weighted by Crippen LogP contribution is -2.32. The Bertz CT molecular complexity index is 1390. The lowest BCUT2D eigenvalue weighted by atomic mass is 9.91. The molecular formula is C26H25NO7. The van der Waals surface area contributed by atoms with Crippen LogP contribution in [0.3, 0.4) is 0 Å². The summed E-state index contributed by atoms with van der Waals surface area (Å²) in [4.78, 5) is 25.4. The van der Waals surface area contributed by atoms with E-state index in [1.54, 1.807) is 18.2 Å². The molecule has 2 aromatic carbocycles. The average Bonchev–Trinajstić information content (AvgIpc) is 3.46. The van der Waals surface area contributed by atoms with Crippen molar-refractivity contribution in [3.63, 3.8) is 0 Å². The minimum Gasteiger partial charge on any atom is -0.487 e. The summed E-state index contributed by atoms with van der Waals surface area (Å²) >= 11 is 0. The summed E-state index contributed by atoms with van der Waals surface area (Å²) in [5.41, 5.74) is 3.04. The molecule has 0 atom stereocenters. The SMILES string of the molecule is CC1(C)CCc2c(cc(OCC(=O)Nc3ccc4c(c3)OCO4)c3c4c(c(=O)oc23)CCC4)O1. The van der Waals surface area contributed by atoms with Gasteiger partial charge in [-0.2, -0.15) is 0 Å². The van der Waals surface area contributed by atoms with E-state index in [1.807, 2.05) is 19.9 Å². The van der Waals surface area contributed by atoms with Gasteiger partial charge in [0, 0.05) is 28.9 Å². The highest BCUT2D eigenvalue weighted by Crippen LogP contribution is 2.44. The van der Waals surface area contributed by atoms with Crippen LogP contribution in [0.1, 0.15) is 43.4 Å². The monoisotopic (exact) mass is 463 g/mol. The lowest BCUT2D eigenvalue weighted by molar-refractivity contribution is -0.118. The fourth-order valence-corrected chi connectivity index (χ4v) is 4.98. The molecule has 0 saturated heterocycles. The Morgan fingerprint density at radius 1 is 1.03 bits per heavy atom. The third-order valence-electron chi connectivity index (χ3n) is 6.65. The Labute approximate surface area is 195 Å². The van der Waals surface area contributed by atoms with Gasteiger partial charge in [-0.3, -0.25) is 4.79 Å². The van der Waals surface area contributed by atoms with Gasteiger partial charge >= 0.3 is 5.63 Å². The molecule has 0 spiro atoms. The summed E-state index contributed by atoms with van der Waals surface area (Å²) in [6.45, 7) is 4.01. The van der Waals surface area contributed by atoms with Gasteiger partial charge in [-0.05, 0) is 63.6 Å². The van der Waals surface area contributed by atoms with Crippen LogP contribution in [0.4, 0.5) is 5.69 Å². The van der Waals surface area contributed by atoms with E-state index >= 15 is 0 Å². The molecule has 8 heteroatoms. The first-order valence-electron chi connectivity index (χ1n) is 11.5. The molecule has 0 radical (unpaired) electrons. The van der Waals surface area contributed by atoms with Crippen LogP contribution in [0, 0.1) is 0 Å². The van der Waals surface area contributed by atoms with E-state index in [4.69, 9.17) is 23.4 Å². The predicted octanol–water partition coefficient (Wildman–Crippen LogP) is 4.13. The smallest absolute Gasteiger partial charge is 0.339 e. The van der Waals surface area contributed by atoms with E-state index < -0.39 is 0 Å². The average molecular weight is 463 g/mol. The van der Waals surface area contributed by atoms with Crippen molar-refractivity contribution in [1.29, 1.82) is 0 Å². The van der Waals surface area contributed by atoms with Gasteiger partial charge in [-0.25, -0.2) is 4.79 Å². The molecule has 3 heterocycles. The van der Waals surface area contributed by atoms with Crippen molar-refractivity contribution < 1.29 is 28.2 Å². The number of rotatable bonds is 4. The Balaban J connectivity index is 1.33. The summed E-state index contributed by atoms with van der Waals surface area (Å²) in [6, 6.07) is 7.05. The fraction of sp³-hybridized carbons (Fsp3) is 0.385. The van der Waals surface area contributed by atoms with Gasteiger partial charge in [0.25, 0.3) is 5.91 Å². The minimum absolute atomic E-state index is 0.167. The molecule has 34 heavy (non-hydrogen) atoms. The number of carbonyl (C=O) groups is 1. The number of hydrogen-bond donors (Lipinski definition) is 1. The summed E-state index contributed by atoms with van der Waals surface area (Å²) in [5.74, 6) is 2.04. The Kier molecular flexibility index (Phi) is 4.72. The van der Waals surface area contributed by atoms with Gasteiger partial charge < -0.3 is 28.7 Å². The number of benzene rings is 2. The van der Waals surface area contributed by atoms with Crippen molar-refractivity contribution in [1.82, 2.24) is 0 Å². The van der Waals surface area contributed by atoms with Gasteiger partial charge in [0.15, 0.2) is 18.1 Å². The first kappa shape index (κ1) is 20.9. The molecule has 1 aliphatic carbocycles. The number of fused-ring (bicyclic) bond motifs is 6. The summed E-state index contributed by atoms with van der Waals surface area (Å²) in [5, 5.41) is 3.61. The van der Waals surface area contributed by atoms with Gasteiger partial charge in [0.2, 0.25) is 6.79 Å².